The maximum Gasteiger partial charge on any atom is 0.490 e. The van der Waals surface area contributed by atoms with Crippen LogP contribution in [-0.4, -0.2) is 64.5 Å². The second kappa shape index (κ2) is 10.5. The van der Waals surface area contributed by atoms with E-state index in [1.165, 1.54) is 5.56 Å². The van der Waals surface area contributed by atoms with E-state index in [9.17, 15) is 18.0 Å². The second-order valence-corrected chi connectivity index (χ2v) is 8.65. The summed E-state index contributed by atoms with van der Waals surface area (Å²) in [6, 6.07) is 17.8. The van der Waals surface area contributed by atoms with E-state index in [1.54, 1.807) is 4.68 Å². The maximum atomic E-state index is 13.4. The van der Waals surface area contributed by atoms with Gasteiger partial charge in [-0.3, -0.25) is 9.48 Å². The van der Waals surface area contributed by atoms with Crippen LogP contribution in [0.2, 0.25) is 5.02 Å². The lowest BCUT2D eigenvalue weighted by molar-refractivity contribution is -0.192. The van der Waals surface area contributed by atoms with Crippen molar-refractivity contribution in [1.82, 2.24) is 14.7 Å². The lowest BCUT2D eigenvalue weighted by Crippen LogP contribution is -2.48. The summed E-state index contributed by atoms with van der Waals surface area (Å²) in [7, 11) is 5.97. The third-order valence-electron chi connectivity index (χ3n) is 5.59. The molecule has 3 aromatic rings. The first kappa shape index (κ1) is 26.2. The Hall–Kier alpha value is -3.37. The number of aromatic nitrogens is 2. The van der Waals surface area contributed by atoms with Gasteiger partial charge in [-0.2, -0.15) is 18.3 Å². The predicted molar refractivity (Wildman–Crippen MR) is 127 cm³/mol. The van der Waals surface area contributed by atoms with Gasteiger partial charge < -0.3 is 14.9 Å². The van der Waals surface area contributed by atoms with Gasteiger partial charge in [0.25, 0.3) is 5.91 Å². The van der Waals surface area contributed by atoms with Crippen LogP contribution in [0.25, 0.3) is 11.3 Å². The van der Waals surface area contributed by atoms with Crippen LogP contribution in [0, 0.1) is 0 Å². The zero-order chi connectivity index (χ0) is 25.9. The second-order valence-electron chi connectivity index (χ2n) is 8.21. The number of anilines is 1. The summed E-state index contributed by atoms with van der Waals surface area (Å²) in [4.78, 5) is 26.3. The first-order valence-electron chi connectivity index (χ1n) is 10.5. The van der Waals surface area contributed by atoms with Crippen LogP contribution in [0.5, 0.6) is 0 Å². The van der Waals surface area contributed by atoms with E-state index in [0.29, 0.717) is 17.3 Å². The number of benzene rings is 2. The number of carbonyl (C=O) groups excluding carboxylic acids is 1. The molecule has 0 spiro atoms. The van der Waals surface area contributed by atoms with Crippen LogP contribution in [0.15, 0.2) is 54.6 Å². The highest BCUT2D eigenvalue weighted by molar-refractivity contribution is 6.30. The molecule has 1 unspecified atom stereocenters. The minimum Gasteiger partial charge on any atom is -0.475 e. The van der Waals surface area contributed by atoms with Gasteiger partial charge >= 0.3 is 12.1 Å². The van der Waals surface area contributed by atoms with E-state index in [4.69, 9.17) is 21.5 Å². The molecule has 0 fully saturated rings. The highest BCUT2D eigenvalue weighted by Crippen LogP contribution is 2.30. The number of nitrogens with zero attached hydrogens (tertiary/aromatic N) is 4. The Morgan fingerprint density at radius 2 is 1.71 bits per heavy atom. The summed E-state index contributed by atoms with van der Waals surface area (Å²) < 4.78 is 33.5. The van der Waals surface area contributed by atoms with E-state index >= 15 is 0 Å². The van der Waals surface area contributed by atoms with E-state index in [2.05, 4.69) is 30.2 Å². The minimum absolute atomic E-state index is 0.0742. The van der Waals surface area contributed by atoms with Crippen LogP contribution >= 0.6 is 11.6 Å². The van der Waals surface area contributed by atoms with Crippen LogP contribution in [0.1, 0.15) is 16.1 Å². The largest absolute Gasteiger partial charge is 0.490 e. The highest BCUT2D eigenvalue weighted by atomic mass is 35.5. The van der Waals surface area contributed by atoms with Gasteiger partial charge in [-0.25, -0.2) is 4.79 Å². The Morgan fingerprint density at radius 1 is 1.11 bits per heavy atom. The van der Waals surface area contributed by atoms with E-state index in [0.717, 1.165) is 23.4 Å². The summed E-state index contributed by atoms with van der Waals surface area (Å²) in [6.07, 6.45) is -4.15. The molecule has 0 radical (unpaired) electrons. The van der Waals surface area contributed by atoms with Crippen molar-refractivity contribution in [1.29, 1.82) is 0 Å². The molecule has 0 saturated carbocycles. The van der Waals surface area contributed by atoms with Gasteiger partial charge in [0.15, 0.2) is 5.69 Å². The lowest BCUT2D eigenvalue weighted by atomic mass is 9.97. The summed E-state index contributed by atoms with van der Waals surface area (Å²) in [5, 5.41) is 12.3. The standard InChI is InChI=1S/C22H23ClN4O.C2HF3O2/c1-25(2)18-12-16-6-4-5-7-20(16)27(14-18)22(28)19-13-21(26(3)24-19)15-8-10-17(23)11-9-15;3-2(4,5)1(6)7/h4-11,13,18H,12,14H2,1-3H3;(H,6,7). The Labute approximate surface area is 205 Å². The Kier molecular flexibility index (Phi) is 7.86. The van der Waals surface area contributed by atoms with Crippen molar-refractivity contribution in [3.05, 3.63) is 70.9 Å². The first-order chi connectivity index (χ1) is 16.4. The molecule has 1 aliphatic heterocycles. The van der Waals surface area contributed by atoms with Crippen LogP contribution < -0.4 is 4.90 Å². The van der Waals surface area contributed by atoms with Crippen molar-refractivity contribution in [2.24, 2.45) is 7.05 Å². The molecular formula is C24H24ClF3N4O3. The monoisotopic (exact) mass is 508 g/mol. The number of aliphatic carboxylic acids is 1. The molecule has 2 aromatic carbocycles. The number of rotatable bonds is 3. The number of halogens is 4. The third-order valence-corrected chi connectivity index (χ3v) is 5.84. The summed E-state index contributed by atoms with van der Waals surface area (Å²) in [5.74, 6) is -2.83. The number of likely N-dealkylation sites (N-methyl/N-ethyl adjacent to an activating group) is 1. The lowest BCUT2D eigenvalue weighted by Gasteiger charge is -2.37. The molecule has 7 nitrogen and oxygen atoms in total. The zero-order valence-corrected chi connectivity index (χ0v) is 20.0. The van der Waals surface area contributed by atoms with E-state index in [1.807, 2.05) is 60.5 Å². The summed E-state index contributed by atoms with van der Waals surface area (Å²) in [5.41, 5.74) is 4.47. The fourth-order valence-electron chi connectivity index (χ4n) is 3.71. The molecule has 1 N–H and O–H groups in total. The van der Waals surface area contributed by atoms with Gasteiger partial charge in [-0.05, 0) is 55.9 Å². The number of carboxylic acids is 1. The number of fused-ring (bicyclic) bond motifs is 1. The Balaban J connectivity index is 0.000000429. The zero-order valence-electron chi connectivity index (χ0n) is 19.3. The SMILES string of the molecule is CN(C)C1Cc2ccccc2N(C(=O)c2cc(-c3ccc(Cl)cc3)n(C)n2)C1.O=C(O)C(F)(F)F. The Bertz CT molecular complexity index is 1210. The number of amides is 1. The molecule has 35 heavy (non-hydrogen) atoms. The average Bonchev–Trinajstić information content (AvgIpc) is 3.19. The van der Waals surface area contributed by atoms with Gasteiger partial charge in [0.2, 0.25) is 0 Å². The first-order valence-corrected chi connectivity index (χ1v) is 10.9. The topological polar surface area (TPSA) is 78.7 Å². The third kappa shape index (κ3) is 6.20. The van der Waals surface area contributed by atoms with Gasteiger partial charge in [0.05, 0.1) is 5.69 Å². The van der Waals surface area contributed by atoms with Gasteiger partial charge in [-0.1, -0.05) is 41.9 Å². The van der Waals surface area contributed by atoms with Crippen molar-refractivity contribution in [3.8, 4) is 11.3 Å². The van der Waals surface area contributed by atoms with Crippen LogP contribution in [0.4, 0.5) is 18.9 Å². The highest BCUT2D eigenvalue weighted by Gasteiger charge is 2.38. The van der Waals surface area contributed by atoms with Crippen molar-refractivity contribution in [3.63, 3.8) is 0 Å². The molecule has 1 amide bonds. The van der Waals surface area contributed by atoms with Crippen molar-refractivity contribution >= 4 is 29.2 Å². The minimum atomic E-state index is -5.08. The van der Waals surface area contributed by atoms with Crippen LogP contribution in [-0.2, 0) is 18.3 Å². The van der Waals surface area contributed by atoms with Crippen LogP contribution in [0.3, 0.4) is 0 Å². The van der Waals surface area contributed by atoms with Gasteiger partial charge in [-0.15, -0.1) is 0 Å². The summed E-state index contributed by atoms with van der Waals surface area (Å²) >= 11 is 6.00. The molecule has 0 aliphatic carbocycles. The van der Waals surface area contributed by atoms with Gasteiger partial charge in [0, 0.05) is 30.3 Å². The Morgan fingerprint density at radius 3 is 2.29 bits per heavy atom. The molecular weight excluding hydrogens is 485 g/mol. The maximum absolute atomic E-state index is 13.4. The van der Waals surface area contributed by atoms with Crippen molar-refractivity contribution in [2.75, 3.05) is 25.5 Å². The molecule has 2 heterocycles. The molecule has 0 bridgehead atoms. The number of carboxylic acid groups (broad SMARTS) is 1. The number of aryl methyl sites for hydroxylation is 1. The molecule has 11 heteroatoms. The fraction of sp³-hybridized carbons (Fsp3) is 0.292. The quantitative estimate of drug-likeness (QED) is 0.563. The van der Waals surface area contributed by atoms with Gasteiger partial charge in [0.1, 0.15) is 0 Å². The summed E-state index contributed by atoms with van der Waals surface area (Å²) in [6.45, 7) is 0.649. The fourth-order valence-corrected chi connectivity index (χ4v) is 3.84. The smallest absolute Gasteiger partial charge is 0.475 e. The predicted octanol–water partition coefficient (Wildman–Crippen LogP) is 4.51. The van der Waals surface area contributed by atoms with Crippen molar-refractivity contribution in [2.45, 2.75) is 18.6 Å². The molecule has 1 atom stereocenters. The molecule has 4 rings (SSSR count). The molecule has 1 aliphatic rings. The molecule has 186 valence electrons. The normalized spacial score (nSPS) is 15.3. The number of hydrogen-bond acceptors (Lipinski definition) is 4. The number of hydrogen-bond donors (Lipinski definition) is 1. The van der Waals surface area contributed by atoms with E-state index < -0.39 is 12.1 Å². The van der Waals surface area contributed by atoms with E-state index in [-0.39, 0.29) is 11.9 Å². The average molecular weight is 509 g/mol. The molecule has 0 saturated heterocycles. The number of alkyl halides is 3. The van der Waals surface area contributed by atoms with Crippen molar-refractivity contribution < 1.29 is 27.9 Å². The number of carbonyl (C=O) groups is 2. The molecule has 1 aromatic heterocycles. The number of para-hydroxylation sites is 1.